The van der Waals surface area contributed by atoms with Crippen molar-refractivity contribution >= 4 is 66.3 Å². The summed E-state index contributed by atoms with van der Waals surface area (Å²) in [7, 11) is 0. The first kappa shape index (κ1) is 39.4. The van der Waals surface area contributed by atoms with E-state index in [4.69, 9.17) is 8.83 Å². The molecule has 0 saturated carbocycles. The van der Waals surface area contributed by atoms with E-state index in [0.29, 0.717) is 0 Å². The van der Waals surface area contributed by atoms with Gasteiger partial charge in [-0.2, -0.15) is 0 Å². The molecule has 2 aromatic heterocycles. The van der Waals surface area contributed by atoms with Gasteiger partial charge in [0, 0.05) is 27.5 Å². The van der Waals surface area contributed by atoms with E-state index in [9.17, 15) is 8.78 Å². The minimum atomic E-state index is -0.267. The van der Waals surface area contributed by atoms with Crippen LogP contribution in [0.2, 0.25) is 0 Å². The first-order valence-corrected chi connectivity index (χ1v) is 21.4. The van der Waals surface area contributed by atoms with Gasteiger partial charge in [0.2, 0.25) is 0 Å². The summed E-state index contributed by atoms with van der Waals surface area (Å²) in [6.45, 7) is 13.3. The summed E-state index contributed by atoms with van der Waals surface area (Å²) in [6.07, 6.45) is 2.86. The summed E-state index contributed by atoms with van der Waals surface area (Å²) in [6, 6.07) is 52.4. The van der Waals surface area contributed by atoms with Gasteiger partial charge in [0.15, 0.2) is 0 Å². The Hall–Kier alpha value is -6.78. The fraction of sp³-hybridized carbons (Fsp3) is 0.172. The van der Waals surface area contributed by atoms with Crippen LogP contribution >= 0.6 is 0 Å². The first-order chi connectivity index (χ1) is 29.7. The van der Waals surface area contributed by atoms with E-state index in [2.05, 4.69) is 151 Å². The molecule has 1 unspecified atom stereocenters. The van der Waals surface area contributed by atoms with Crippen LogP contribution < -0.4 is 0 Å². The summed E-state index contributed by atoms with van der Waals surface area (Å²) < 4.78 is 42.4. The van der Waals surface area contributed by atoms with Crippen molar-refractivity contribution in [2.24, 2.45) is 0 Å². The molecule has 0 spiro atoms. The molecule has 0 aliphatic heterocycles. The first-order valence-electron chi connectivity index (χ1n) is 21.4. The molecule has 0 aliphatic rings. The highest BCUT2D eigenvalue weighted by molar-refractivity contribution is 6.16. The Morgan fingerprint density at radius 2 is 1.06 bits per heavy atom. The normalized spacial score (nSPS) is 13.3. The lowest BCUT2D eigenvalue weighted by Gasteiger charge is -2.21. The maximum absolute atomic E-state index is 14.7. The number of hydrogen-bond acceptors (Lipinski definition) is 2. The van der Waals surface area contributed by atoms with Crippen molar-refractivity contribution in [2.75, 3.05) is 0 Å². The molecule has 62 heavy (non-hydrogen) atoms. The standard InChI is InChI=1S/C58H48F2O2/c1-57(2,3)43-20-14-35(15-21-43)26-48(40-10-8-12-46(60)29-40)41-19-24-53-49(31-41)51-33-56-52(34-55(51)61-53)50-30-38-16-13-36(25-42(38)32-54(50)62-56)27-47(39-9-7-11-45(59)28-39)37-17-22-44(23-18-37)58(4,5)6/h7-25,27-34,48H,26H2,1-6H3/b47-27-. The zero-order chi connectivity index (χ0) is 42.9. The highest BCUT2D eigenvalue weighted by atomic mass is 19.1. The molecule has 0 N–H and O–H groups in total. The van der Waals surface area contributed by atoms with Crippen LogP contribution in [0.3, 0.4) is 0 Å². The zero-order valence-electron chi connectivity index (χ0n) is 35.9. The van der Waals surface area contributed by atoms with Gasteiger partial charge in [0.05, 0.1) is 0 Å². The summed E-state index contributed by atoms with van der Waals surface area (Å²) in [4.78, 5) is 0. The van der Waals surface area contributed by atoms with E-state index in [1.54, 1.807) is 24.3 Å². The molecule has 0 bridgehead atoms. The van der Waals surface area contributed by atoms with Gasteiger partial charge in [-0.25, -0.2) is 8.78 Å². The van der Waals surface area contributed by atoms with E-state index >= 15 is 0 Å². The van der Waals surface area contributed by atoms with Crippen molar-refractivity contribution in [1.82, 2.24) is 0 Å². The fourth-order valence-electron chi connectivity index (χ4n) is 8.96. The van der Waals surface area contributed by atoms with Crippen LogP contribution in [0.15, 0.2) is 167 Å². The maximum Gasteiger partial charge on any atom is 0.136 e. The van der Waals surface area contributed by atoms with Crippen LogP contribution in [0.4, 0.5) is 8.78 Å². The Morgan fingerprint density at radius 1 is 0.484 bits per heavy atom. The van der Waals surface area contributed by atoms with Crippen molar-refractivity contribution < 1.29 is 17.6 Å². The number of halogens is 2. The third-order valence-corrected chi connectivity index (χ3v) is 12.5. The molecule has 1 atom stereocenters. The number of benzene rings is 8. The van der Waals surface area contributed by atoms with Crippen molar-refractivity contribution in [3.8, 4) is 0 Å². The predicted molar refractivity (Wildman–Crippen MR) is 254 cm³/mol. The Morgan fingerprint density at radius 3 is 1.73 bits per heavy atom. The molecule has 0 saturated heterocycles. The Labute approximate surface area is 361 Å². The minimum absolute atomic E-state index is 0.0256. The third-order valence-electron chi connectivity index (χ3n) is 12.5. The molecule has 10 rings (SSSR count). The van der Waals surface area contributed by atoms with E-state index in [1.165, 1.54) is 28.8 Å². The molecular formula is C58H48F2O2. The Balaban J connectivity index is 1.04. The lowest BCUT2D eigenvalue weighted by atomic mass is 9.83. The average Bonchev–Trinajstić information content (AvgIpc) is 3.78. The van der Waals surface area contributed by atoms with Crippen molar-refractivity contribution in [3.63, 3.8) is 0 Å². The zero-order valence-corrected chi connectivity index (χ0v) is 35.9. The van der Waals surface area contributed by atoms with Gasteiger partial charge >= 0.3 is 0 Å². The number of fused-ring (bicyclic) bond motifs is 7. The van der Waals surface area contributed by atoms with Crippen molar-refractivity contribution in [1.29, 1.82) is 0 Å². The summed E-state index contributed by atoms with van der Waals surface area (Å²) >= 11 is 0. The van der Waals surface area contributed by atoms with Crippen LogP contribution in [0, 0.1) is 11.6 Å². The quantitative estimate of drug-likeness (QED) is 0.150. The molecule has 0 aliphatic carbocycles. The molecular weight excluding hydrogens is 767 g/mol. The van der Waals surface area contributed by atoms with Crippen molar-refractivity contribution in [3.05, 3.63) is 214 Å². The second-order valence-corrected chi connectivity index (χ2v) is 18.9. The highest BCUT2D eigenvalue weighted by Crippen LogP contribution is 2.41. The number of rotatable bonds is 7. The molecule has 2 nitrogen and oxygen atoms in total. The second kappa shape index (κ2) is 15.0. The average molecular weight is 815 g/mol. The number of furan rings is 2. The summed E-state index contributed by atoms with van der Waals surface area (Å²) in [5.74, 6) is -0.577. The molecule has 306 valence electrons. The number of hydrogen-bond donors (Lipinski definition) is 0. The van der Waals surface area contributed by atoms with Gasteiger partial charge in [-0.05, 0) is 151 Å². The summed E-state index contributed by atoms with van der Waals surface area (Å²) in [5.41, 5.74) is 12.8. The van der Waals surface area contributed by atoms with Gasteiger partial charge in [-0.1, -0.05) is 133 Å². The largest absolute Gasteiger partial charge is 0.456 e. The van der Waals surface area contributed by atoms with Gasteiger partial charge < -0.3 is 8.83 Å². The maximum atomic E-state index is 14.7. The summed E-state index contributed by atoms with van der Waals surface area (Å²) in [5, 5.41) is 6.10. The molecule has 0 radical (unpaired) electrons. The fourth-order valence-corrected chi connectivity index (χ4v) is 8.96. The lowest BCUT2D eigenvalue weighted by Crippen LogP contribution is -2.11. The molecule has 8 aromatic carbocycles. The lowest BCUT2D eigenvalue weighted by molar-refractivity contribution is 0.589. The molecule has 2 heterocycles. The Kier molecular flexibility index (Phi) is 9.52. The van der Waals surface area contributed by atoms with Crippen LogP contribution in [0.1, 0.15) is 92.0 Å². The molecule has 0 fully saturated rings. The highest BCUT2D eigenvalue weighted by Gasteiger charge is 2.21. The second-order valence-electron chi connectivity index (χ2n) is 18.9. The topological polar surface area (TPSA) is 26.3 Å². The molecule has 10 aromatic rings. The van der Waals surface area contributed by atoms with Crippen LogP contribution in [-0.4, -0.2) is 0 Å². The third kappa shape index (κ3) is 7.49. The van der Waals surface area contributed by atoms with Gasteiger partial charge in [0.1, 0.15) is 34.0 Å². The Bertz CT molecular complexity index is 3350. The van der Waals surface area contributed by atoms with Crippen LogP contribution in [0.25, 0.3) is 66.3 Å². The van der Waals surface area contributed by atoms with Gasteiger partial charge in [-0.3, -0.25) is 0 Å². The molecule has 0 amide bonds. The van der Waals surface area contributed by atoms with Crippen molar-refractivity contribution in [2.45, 2.75) is 64.7 Å². The van der Waals surface area contributed by atoms with Gasteiger partial charge in [-0.15, -0.1) is 0 Å². The predicted octanol–water partition coefficient (Wildman–Crippen LogP) is 16.5. The SMILES string of the molecule is CC(C)(C)c1ccc(CC(c2cccc(F)c2)c2ccc3oc4cc5c(cc4c3c2)oc2cc3cc(/C=C(/c4ccc(C(C)(C)C)cc4)c4cccc(F)c4)ccc3cc25)cc1. The molecule has 4 heteroatoms. The van der Waals surface area contributed by atoms with E-state index in [0.717, 1.165) is 94.5 Å². The van der Waals surface area contributed by atoms with E-state index < -0.39 is 0 Å². The minimum Gasteiger partial charge on any atom is -0.456 e. The van der Waals surface area contributed by atoms with Crippen LogP contribution in [0.5, 0.6) is 0 Å². The van der Waals surface area contributed by atoms with E-state index in [1.807, 2.05) is 18.2 Å². The monoisotopic (exact) mass is 814 g/mol. The van der Waals surface area contributed by atoms with E-state index in [-0.39, 0.29) is 28.4 Å². The van der Waals surface area contributed by atoms with Gasteiger partial charge in [0.25, 0.3) is 0 Å². The smallest absolute Gasteiger partial charge is 0.136 e. The van der Waals surface area contributed by atoms with Crippen LogP contribution in [-0.2, 0) is 17.3 Å².